The van der Waals surface area contributed by atoms with Gasteiger partial charge in [0.2, 0.25) is 10.0 Å². The zero-order valence-electron chi connectivity index (χ0n) is 9.51. The van der Waals surface area contributed by atoms with Crippen LogP contribution in [0.3, 0.4) is 0 Å². The molecule has 0 heterocycles. The van der Waals surface area contributed by atoms with Crippen molar-refractivity contribution in [2.24, 2.45) is 0 Å². The summed E-state index contributed by atoms with van der Waals surface area (Å²) in [5, 5.41) is 8.58. The van der Waals surface area contributed by atoms with E-state index in [0.29, 0.717) is 0 Å². The van der Waals surface area contributed by atoms with Crippen molar-refractivity contribution in [1.82, 2.24) is 4.31 Å². The predicted molar refractivity (Wildman–Crippen MR) is 67.5 cm³/mol. The van der Waals surface area contributed by atoms with Crippen LogP contribution in [0.15, 0.2) is 35.7 Å². The fraction of sp³-hybridized carbons (Fsp3) is 0.273. The Morgan fingerprint density at radius 2 is 2.17 bits per heavy atom. The Balaban J connectivity index is 3.17. The monoisotopic (exact) mass is 293 g/mol. The Labute approximate surface area is 110 Å². The van der Waals surface area contributed by atoms with Gasteiger partial charge in [0, 0.05) is 13.1 Å². The molecule has 0 unspecified atom stereocenters. The van der Waals surface area contributed by atoms with Crippen LogP contribution in [0.5, 0.6) is 0 Å². The summed E-state index contributed by atoms with van der Waals surface area (Å²) in [6.45, 7) is 3.12. The molecule has 0 spiro atoms. The van der Waals surface area contributed by atoms with E-state index in [4.69, 9.17) is 16.7 Å². The summed E-state index contributed by atoms with van der Waals surface area (Å²) in [5.41, 5.74) is 0. The normalized spacial score (nSPS) is 11.8. The molecule has 1 N–H and O–H groups in total. The number of benzene rings is 1. The minimum Gasteiger partial charge on any atom is -0.395 e. The third-order valence-electron chi connectivity index (χ3n) is 2.21. The summed E-state index contributed by atoms with van der Waals surface area (Å²) in [7, 11) is -3.81. The van der Waals surface area contributed by atoms with Gasteiger partial charge in [-0.1, -0.05) is 17.7 Å². The lowest BCUT2D eigenvalue weighted by Crippen LogP contribution is -2.33. The van der Waals surface area contributed by atoms with Crippen LogP contribution in [0.4, 0.5) is 4.39 Å². The minimum atomic E-state index is -3.81. The van der Waals surface area contributed by atoms with E-state index in [9.17, 15) is 12.8 Å². The first-order valence-electron chi connectivity index (χ1n) is 5.10. The smallest absolute Gasteiger partial charge is 0.243 e. The van der Waals surface area contributed by atoms with E-state index in [0.717, 1.165) is 22.5 Å². The molecule has 7 heteroatoms. The first-order chi connectivity index (χ1) is 8.43. The Kier molecular flexibility index (Phi) is 5.28. The van der Waals surface area contributed by atoms with Gasteiger partial charge in [0.25, 0.3) is 0 Å². The summed E-state index contributed by atoms with van der Waals surface area (Å²) >= 11 is 5.55. The molecule has 100 valence electrons. The van der Waals surface area contributed by atoms with E-state index in [1.165, 1.54) is 6.08 Å². The van der Waals surface area contributed by atoms with Gasteiger partial charge in [-0.15, -0.1) is 6.58 Å². The van der Waals surface area contributed by atoms with Crippen LogP contribution in [0.2, 0.25) is 5.02 Å². The summed E-state index contributed by atoms with van der Waals surface area (Å²) in [4.78, 5) is -0.121. The van der Waals surface area contributed by atoms with Crippen LogP contribution in [-0.2, 0) is 10.0 Å². The number of aliphatic hydroxyl groups is 1. The maximum absolute atomic E-state index is 13.0. The number of aliphatic hydroxyl groups excluding tert-OH is 1. The average Bonchev–Trinajstić information content (AvgIpc) is 2.32. The highest BCUT2D eigenvalue weighted by atomic mass is 35.5. The van der Waals surface area contributed by atoms with Gasteiger partial charge in [-0.3, -0.25) is 0 Å². The number of nitrogens with zero attached hydrogens (tertiary/aromatic N) is 1. The molecule has 0 saturated carbocycles. The molecule has 0 bridgehead atoms. The lowest BCUT2D eigenvalue weighted by atomic mass is 10.3. The number of hydrogen-bond donors (Lipinski definition) is 1. The second kappa shape index (κ2) is 6.29. The first kappa shape index (κ1) is 15.1. The molecular formula is C11H13ClFNO3S. The molecule has 1 aromatic rings. The molecule has 4 nitrogen and oxygen atoms in total. The van der Waals surface area contributed by atoms with Crippen LogP contribution >= 0.6 is 11.6 Å². The van der Waals surface area contributed by atoms with E-state index in [2.05, 4.69) is 6.58 Å². The minimum absolute atomic E-state index is 0.0535. The highest BCUT2D eigenvalue weighted by Gasteiger charge is 2.23. The maximum atomic E-state index is 13.0. The Morgan fingerprint density at radius 1 is 1.50 bits per heavy atom. The Hall–Kier alpha value is -0.950. The van der Waals surface area contributed by atoms with E-state index in [1.54, 1.807) is 0 Å². The lowest BCUT2D eigenvalue weighted by Gasteiger charge is -2.19. The van der Waals surface area contributed by atoms with Crippen LogP contribution in [0.1, 0.15) is 0 Å². The third kappa shape index (κ3) is 3.29. The van der Waals surface area contributed by atoms with Gasteiger partial charge in [0.1, 0.15) is 5.82 Å². The standard InChI is InChI=1S/C11H13ClFNO3S/c1-2-5-14(6-7-15)18(16,17)9-3-4-11(13)10(12)8-9/h2-4,8,15H,1,5-7H2. The van der Waals surface area contributed by atoms with Crippen molar-refractivity contribution in [1.29, 1.82) is 0 Å². The van der Waals surface area contributed by atoms with E-state index < -0.39 is 15.8 Å². The largest absolute Gasteiger partial charge is 0.395 e. The first-order valence-corrected chi connectivity index (χ1v) is 6.92. The molecule has 1 rings (SSSR count). The highest BCUT2D eigenvalue weighted by Crippen LogP contribution is 2.22. The van der Waals surface area contributed by atoms with Crippen LogP contribution < -0.4 is 0 Å². The molecule has 18 heavy (non-hydrogen) atoms. The van der Waals surface area contributed by atoms with Crippen molar-refractivity contribution >= 4 is 21.6 Å². The van der Waals surface area contributed by atoms with Gasteiger partial charge in [-0.2, -0.15) is 4.31 Å². The molecule has 0 atom stereocenters. The molecule has 1 aromatic carbocycles. The van der Waals surface area contributed by atoms with Crippen molar-refractivity contribution in [3.63, 3.8) is 0 Å². The van der Waals surface area contributed by atoms with E-state index in [1.807, 2.05) is 0 Å². The van der Waals surface area contributed by atoms with Crippen molar-refractivity contribution in [2.75, 3.05) is 19.7 Å². The van der Waals surface area contributed by atoms with Gasteiger partial charge in [-0.05, 0) is 18.2 Å². The fourth-order valence-electron chi connectivity index (χ4n) is 1.35. The summed E-state index contributed by atoms with van der Waals surface area (Å²) in [6.07, 6.45) is 1.40. The highest BCUT2D eigenvalue weighted by molar-refractivity contribution is 7.89. The summed E-state index contributed by atoms with van der Waals surface area (Å²) in [5.74, 6) is -0.687. The van der Waals surface area contributed by atoms with Gasteiger partial charge in [0.15, 0.2) is 0 Å². The van der Waals surface area contributed by atoms with E-state index in [-0.39, 0.29) is 29.6 Å². The quantitative estimate of drug-likeness (QED) is 0.811. The molecular weight excluding hydrogens is 281 g/mol. The SMILES string of the molecule is C=CCN(CCO)S(=O)(=O)c1ccc(F)c(Cl)c1. The van der Waals surface area contributed by atoms with Crippen LogP contribution in [0, 0.1) is 5.82 Å². The molecule has 0 saturated heterocycles. The molecule has 0 fully saturated rings. The van der Waals surface area contributed by atoms with Gasteiger partial charge in [0.05, 0.1) is 16.5 Å². The maximum Gasteiger partial charge on any atom is 0.243 e. The molecule has 0 aliphatic heterocycles. The van der Waals surface area contributed by atoms with Gasteiger partial charge < -0.3 is 5.11 Å². The number of halogens is 2. The zero-order valence-corrected chi connectivity index (χ0v) is 11.1. The molecule has 0 radical (unpaired) electrons. The number of rotatable bonds is 6. The topological polar surface area (TPSA) is 57.6 Å². The average molecular weight is 294 g/mol. The van der Waals surface area contributed by atoms with Crippen molar-refractivity contribution in [3.05, 3.63) is 41.7 Å². The second-order valence-corrected chi connectivity index (χ2v) is 5.80. The Bertz CT molecular complexity index is 533. The predicted octanol–water partition coefficient (Wildman–Crippen LogP) is 1.65. The summed E-state index contributed by atoms with van der Waals surface area (Å²) < 4.78 is 38.3. The molecule has 0 aliphatic rings. The number of hydrogen-bond acceptors (Lipinski definition) is 3. The number of sulfonamides is 1. The third-order valence-corrected chi connectivity index (χ3v) is 4.36. The van der Waals surface area contributed by atoms with Gasteiger partial charge in [-0.25, -0.2) is 12.8 Å². The van der Waals surface area contributed by atoms with Crippen LogP contribution in [0.25, 0.3) is 0 Å². The van der Waals surface area contributed by atoms with Crippen LogP contribution in [-0.4, -0.2) is 37.5 Å². The second-order valence-electron chi connectivity index (χ2n) is 3.45. The van der Waals surface area contributed by atoms with Crippen molar-refractivity contribution < 1.29 is 17.9 Å². The summed E-state index contributed by atoms with van der Waals surface area (Å²) in [6, 6.07) is 3.16. The van der Waals surface area contributed by atoms with Crippen molar-refractivity contribution in [3.8, 4) is 0 Å². The zero-order chi connectivity index (χ0) is 13.8. The lowest BCUT2D eigenvalue weighted by molar-refractivity contribution is 0.260. The Morgan fingerprint density at radius 3 is 2.67 bits per heavy atom. The molecule has 0 aromatic heterocycles. The van der Waals surface area contributed by atoms with E-state index >= 15 is 0 Å². The molecule has 0 amide bonds. The fourth-order valence-corrected chi connectivity index (χ4v) is 3.03. The van der Waals surface area contributed by atoms with Gasteiger partial charge >= 0.3 is 0 Å². The van der Waals surface area contributed by atoms with Crippen molar-refractivity contribution in [2.45, 2.75) is 4.90 Å². The molecule has 0 aliphatic carbocycles.